The molecule has 0 bridgehead atoms. The molecule has 0 aliphatic rings. The van der Waals surface area contributed by atoms with Crippen LogP contribution in [-0.2, 0) is 10.0 Å². The van der Waals surface area contributed by atoms with E-state index < -0.39 is 10.0 Å². The van der Waals surface area contributed by atoms with Gasteiger partial charge in [0, 0.05) is 35.4 Å². The van der Waals surface area contributed by atoms with Gasteiger partial charge in [-0.2, -0.15) is 0 Å². The third kappa shape index (κ3) is 6.16. The molecule has 0 aliphatic heterocycles. The van der Waals surface area contributed by atoms with E-state index in [9.17, 15) is 8.42 Å². The van der Waals surface area contributed by atoms with Crippen LogP contribution >= 0.6 is 11.6 Å². The largest absolute Gasteiger partial charge is 0.384 e. The third-order valence-corrected chi connectivity index (χ3v) is 6.46. The summed E-state index contributed by atoms with van der Waals surface area (Å²) in [7, 11) is -3.41. The van der Waals surface area contributed by atoms with Gasteiger partial charge in [0.15, 0.2) is 0 Å². The Bertz CT molecular complexity index is 1050. The van der Waals surface area contributed by atoms with Crippen molar-refractivity contribution in [2.45, 2.75) is 37.5 Å². The van der Waals surface area contributed by atoms with Gasteiger partial charge in [0.2, 0.25) is 10.0 Å². The summed E-state index contributed by atoms with van der Waals surface area (Å²) in [6.07, 6.45) is 5.63. The van der Waals surface area contributed by atoms with E-state index in [0.717, 1.165) is 54.4 Å². The maximum atomic E-state index is 12.2. The van der Waals surface area contributed by atoms with E-state index in [-0.39, 0.29) is 0 Å². The molecule has 0 radical (unpaired) electrons. The Balaban J connectivity index is 1.35. The number of anilines is 1. The van der Waals surface area contributed by atoms with Gasteiger partial charge in [-0.15, -0.1) is 0 Å². The van der Waals surface area contributed by atoms with Gasteiger partial charge in [-0.3, -0.25) is 4.98 Å². The zero-order valence-corrected chi connectivity index (χ0v) is 18.1. The summed E-state index contributed by atoms with van der Waals surface area (Å²) in [6, 6.07) is 14.6. The molecule has 0 fully saturated rings. The van der Waals surface area contributed by atoms with E-state index in [1.807, 2.05) is 43.3 Å². The second-order valence-corrected chi connectivity index (χ2v) is 9.28. The first-order valence-electron chi connectivity index (χ1n) is 9.80. The minimum atomic E-state index is -3.41. The molecule has 0 aliphatic carbocycles. The zero-order valence-electron chi connectivity index (χ0n) is 16.5. The minimum Gasteiger partial charge on any atom is -0.384 e. The van der Waals surface area contributed by atoms with E-state index in [2.05, 4.69) is 15.0 Å². The summed E-state index contributed by atoms with van der Waals surface area (Å²) in [5.41, 5.74) is 2.97. The van der Waals surface area contributed by atoms with Gasteiger partial charge in [0.05, 0.1) is 10.4 Å². The van der Waals surface area contributed by atoms with Crippen LogP contribution in [0.1, 0.15) is 31.2 Å². The molecule has 0 spiro atoms. The van der Waals surface area contributed by atoms with E-state index in [4.69, 9.17) is 11.6 Å². The Morgan fingerprint density at radius 3 is 2.41 bits per heavy atom. The number of unbranched alkanes of at least 4 members (excludes halogenated alkanes) is 3. The number of rotatable bonds is 10. The molecule has 0 saturated carbocycles. The van der Waals surface area contributed by atoms with Crippen LogP contribution in [0.5, 0.6) is 0 Å². The SMILES string of the molecule is Cc1ccc(S(=O)(=O)NCCCCCCNc2ccnc3cc(Cl)ccc23)cc1. The molecule has 1 aromatic heterocycles. The first-order valence-corrected chi connectivity index (χ1v) is 11.7. The molecule has 0 saturated heterocycles. The van der Waals surface area contributed by atoms with Crippen LogP contribution in [0.2, 0.25) is 5.02 Å². The quantitative estimate of drug-likeness (QED) is 0.435. The Kier molecular flexibility index (Phi) is 7.47. The minimum absolute atomic E-state index is 0.318. The van der Waals surface area contributed by atoms with Crippen molar-refractivity contribution in [3.8, 4) is 0 Å². The van der Waals surface area contributed by atoms with Crippen molar-refractivity contribution in [1.29, 1.82) is 0 Å². The fourth-order valence-electron chi connectivity index (χ4n) is 3.11. The number of hydrogen-bond acceptors (Lipinski definition) is 4. The second kappa shape index (κ2) is 10.1. The maximum absolute atomic E-state index is 12.2. The van der Waals surface area contributed by atoms with Gasteiger partial charge in [-0.1, -0.05) is 42.1 Å². The molecule has 5 nitrogen and oxygen atoms in total. The van der Waals surface area contributed by atoms with Gasteiger partial charge in [0.1, 0.15) is 0 Å². The van der Waals surface area contributed by atoms with E-state index >= 15 is 0 Å². The lowest BCUT2D eigenvalue weighted by Crippen LogP contribution is -2.24. The summed E-state index contributed by atoms with van der Waals surface area (Å²) in [5, 5.41) is 5.19. The number of halogens is 1. The molecular formula is C22H26ClN3O2S. The second-order valence-electron chi connectivity index (χ2n) is 7.07. The standard InChI is InChI=1S/C22H26ClN3O2S/c1-17-6-9-19(10-7-17)29(27,28)26-14-5-3-2-4-13-24-21-12-15-25-22-16-18(23)8-11-20(21)22/h6-12,15-16,26H,2-5,13-14H2,1H3,(H,24,25). The van der Waals surface area contributed by atoms with Crippen molar-refractivity contribution in [1.82, 2.24) is 9.71 Å². The zero-order chi connectivity index (χ0) is 20.7. The van der Waals surface area contributed by atoms with Crippen LogP contribution in [0.3, 0.4) is 0 Å². The number of fused-ring (bicyclic) bond motifs is 1. The molecule has 2 N–H and O–H groups in total. The van der Waals surface area contributed by atoms with Crippen LogP contribution in [0, 0.1) is 6.92 Å². The lowest BCUT2D eigenvalue weighted by Gasteiger charge is -2.10. The third-order valence-electron chi connectivity index (χ3n) is 4.75. The average molecular weight is 432 g/mol. The van der Waals surface area contributed by atoms with Gasteiger partial charge >= 0.3 is 0 Å². The Labute approximate surface area is 177 Å². The van der Waals surface area contributed by atoms with Crippen LogP contribution < -0.4 is 10.0 Å². The summed E-state index contributed by atoms with van der Waals surface area (Å²) < 4.78 is 27.1. The number of nitrogens with zero attached hydrogens (tertiary/aromatic N) is 1. The van der Waals surface area contributed by atoms with Crippen LogP contribution in [0.4, 0.5) is 5.69 Å². The van der Waals surface area contributed by atoms with Crippen molar-refractivity contribution in [2.24, 2.45) is 0 Å². The van der Waals surface area contributed by atoms with Crippen LogP contribution in [-0.4, -0.2) is 26.5 Å². The van der Waals surface area contributed by atoms with Crippen molar-refractivity contribution in [3.63, 3.8) is 0 Å². The normalized spacial score (nSPS) is 11.7. The number of benzene rings is 2. The smallest absolute Gasteiger partial charge is 0.240 e. The van der Waals surface area contributed by atoms with E-state index in [0.29, 0.717) is 16.5 Å². The monoisotopic (exact) mass is 431 g/mol. The molecule has 0 amide bonds. The van der Waals surface area contributed by atoms with Gasteiger partial charge in [-0.05, 0) is 56.2 Å². The predicted octanol–water partition coefficient (Wildman–Crippen LogP) is 5.15. The number of aryl methyl sites for hydroxylation is 1. The Morgan fingerprint density at radius 2 is 1.66 bits per heavy atom. The fraction of sp³-hybridized carbons (Fsp3) is 0.318. The van der Waals surface area contributed by atoms with Gasteiger partial charge in [-0.25, -0.2) is 13.1 Å². The number of pyridine rings is 1. The summed E-state index contributed by atoms with van der Waals surface area (Å²) in [4.78, 5) is 4.66. The van der Waals surface area contributed by atoms with Crippen molar-refractivity contribution < 1.29 is 8.42 Å². The molecule has 3 aromatic rings. The van der Waals surface area contributed by atoms with Crippen LogP contribution in [0.25, 0.3) is 10.9 Å². The molecule has 0 atom stereocenters. The summed E-state index contributed by atoms with van der Waals surface area (Å²) >= 11 is 6.02. The van der Waals surface area contributed by atoms with Crippen molar-refractivity contribution >= 4 is 38.2 Å². The highest BCUT2D eigenvalue weighted by atomic mass is 35.5. The lowest BCUT2D eigenvalue weighted by molar-refractivity contribution is 0.573. The van der Waals surface area contributed by atoms with Crippen molar-refractivity contribution in [2.75, 3.05) is 18.4 Å². The maximum Gasteiger partial charge on any atom is 0.240 e. The molecule has 3 rings (SSSR count). The number of aromatic nitrogens is 1. The van der Waals surface area contributed by atoms with Crippen LogP contribution in [0.15, 0.2) is 59.6 Å². The molecule has 2 aromatic carbocycles. The first kappa shape index (κ1) is 21.6. The highest BCUT2D eigenvalue weighted by Crippen LogP contribution is 2.24. The highest BCUT2D eigenvalue weighted by Gasteiger charge is 2.12. The molecular weight excluding hydrogens is 406 g/mol. The number of sulfonamides is 1. The summed E-state index contributed by atoms with van der Waals surface area (Å²) in [6.45, 7) is 3.25. The molecule has 0 unspecified atom stereocenters. The average Bonchev–Trinajstić information content (AvgIpc) is 2.70. The van der Waals surface area contributed by atoms with E-state index in [1.165, 1.54) is 0 Å². The van der Waals surface area contributed by atoms with E-state index in [1.54, 1.807) is 18.3 Å². The molecule has 7 heteroatoms. The molecule has 29 heavy (non-hydrogen) atoms. The Hall–Kier alpha value is -2.15. The molecule has 154 valence electrons. The van der Waals surface area contributed by atoms with Gasteiger partial charge < -0.3 is 5.32 Å². The number of nitrogens with one attached hydrogen (secondary N) is 2. The predicted molar refractivity (Wildman–Crippen MR) is 120 cm³/mol. The van der Waals surface area contributed by atoms with Gasteiger partial charge in [0.25, 0.3) is 0 Å². The summed E-state index contributed by atoms with van der Waals surface area (Å²) in [5.74, 6) is 0. The lowest BCUT2D eigenvalue weighted by atomic mass is 10.1. The van der Waals surface area contributed by atoms with Crippen molar-refractivity contribution in [3.05, 3.63) is 65.3 Å². The fourth-order valence-corrected chi connectivity index (χ4v) is 4.35. The highest BCUT2D eigenvalue weighted by molar-refractivity contribution is 7.89. The topological polar surface area (TPSA) is 71.1 Å². The number of hydrogen-bond donors (Lipinski definition) is 2. The Morgan fingerprint density at radius 1 is 0.931 bits per heavy atom. The molecule has 1 heterocycles. The first-order chi connectivity index (χ1) is 14.0.